The molecule has 1 fully saturated rings. The third-order valence-electron chi connectivity index (χ3n) is 3.31. The lowest BCUT2D eigenvalue weighted by Gasteiger charge is -2.42. The number of hydrogen-bond acceptors (Lipinski definition) is 4. The summed E-state index contributed by atoms with van der Waals surface area (Å²) in [6, 6.07) is 6.94. The number of ether oxygens (including phenoxy) is 2. The Kier molecular flexibility index (Phi) is 4.69. The summed E-state index contributed by atoms with van der Waals surface area (Å²) in [6.45, 7) is 4.56. The molecule has 1 aliphatic rings. The standard InChI is InChI=1S/C15H22N2O4/c1-15(2)10-17(8-13(9-18)21-15)14(19)16-11-4-6-12(20-3)7-5-11/h4-7,13,18H,8-10H2,1-3H3,(H,16,19). The molecule has 2 N–H and O–H groups in total. The maximum absolute atomic E-state index is 12.3. The first-order valence-corrected chi connectivity index (χ1v) is 6.92. The average molecular weight is 294 g/mol. The number of urea groups is 1. The molecule has 1 heterocycles. The Bertz CT molecular complexity index is 487. The van der Waals surface area contributed by atoms with Crippen molar-refractivity contribution in [1.82, 2.24) is 4.90 Å². The quantitative estimate of drug-likeness (QED) is 0.890. The molecule has 1 unspecified atom stereocenters. The number of aliphatic hydroxyl groups excluding tert-OH is 1. The van der Waals surface area contributed by atoms with Crippen LogP contribution in [0.4, 0.5) is 10.5 Å². The Morgan fingerprint density at radius 1 is 1.48 bits per heavy atom. The van der Waals surface area contributed by atoms with Crippen LogP contribution in [0.1, 0.15) is 13.8 Å². The predicted molar refractivity (Wildman–Crippen MR) is 79.6 cm³/mol. The minimum absolute atomic E-state index is 0.101. The molecule has 6 heteroatoms. The second-order valence-corrected chi connectivity index (χ2v) is 5.72. The van der Waals surface area contributed by atoms with E-state index in [2.05, 4.69) is 5.32 Å². The van der Waals surface area contributed by atoms with Gasteiger partial charge in [-0.05, 0) is 38.1 Å². The van der Waals surface area contributed by atoms with Crippen LogP contribution in [0.25, 0.3) is 0 Å². The molecule has 2 amide bonds. The van der Waals surface area contributed by atoms with Crippen LogP contribution in [0.5, 0.6) is 5.75 Å². The number of amides is 2. The Morgan fingerprint density at radius 3 is 2.71 bits per heavy atom. The summed E-state index contributed by atoms with van der Waals surface area (Å²) < 4.78 is 10.8. The van der Waals surface area contributed by atoms with E-state index in [9.17, 15) is 9.90 Å². The first kappa shape index (κ1) is 15.6. The summed E-state index contributed by atoms with van der Waals surface area (Å²) in [5.74, 6) is 0.737. The van der Waals surface area contributed by atoms with E-state index in [-0.39, 0.29) is 18.7 Å². The van der Waals surface area contributed by atoms with Gasteiger partial charge in [-0.1, -0.05) is 0 Å². The molecule has 0 aliphatic carbocycles. The fourth-order valence-electron chi connectivity index (χ4n) is 2.42. The maximum atomic E-state index is 12.3. The molecule has 116 valence electrons. The van der Waals surface area contributed by atoms with Gasteiger partial charge in [0.25, 0.3) is 0 Å². The number of nitrogens with zero attached hydrogens (tertiary/aromatic N) is 1. The summed E-state index contributed by atoms with van der Waals surface area (Å²) in [7, 11) is 1.60. The first-order valence-electron chi connectivity index (χ1n) is 6.92. The first-order chi connectivity index (χ1) is 9.93. The highest BCUT2D eigenvalue weighted by molar-refractivity contribution is 5.89. The van der Waals surface area contributed by atoms with Gasteiger partial charge in [0, 0.05) is 5.69 Å². The van der Waals surface area contributed by atoms with E-state index in [1.807, 2.05) is 13.8 Å². The third kappa shape index (κ3) is 4.09. The van der Waals surface area contributed by atoms with Crippen molar-refractivity contribution in [3.05, 3.63) is 24.3 Å². The molecular formula is C15H22N2O4. The van der Waals surface area contributed by atoms with Gasteiger partial charge in [0.05, 0.1) is 38.5 Å². The van der Waals surface area contributed by atoms with Crippen LogP contribution in [0.2, 0.25) is 0 Å². The molecule has 21 heavy (non-hydrogen) atoms. The zero-order chi connectivity index (χ0) is 15.5. The monoisotopic (exact) mass is 294 g/mol. The van der Waals surface area contributed by atoms with E-state index in [0.29, 0.717) is 18.8 Å². The molecule has 6 nitrogen and oxygen atoms in total. The van der Waals surface area contributed by atoms with E-state index >= 15 is 0 Å². The van der Waals surface area contributed by atoms with Gasteiger partial charge in [-0.3, -0.25) is 0 Å². The zero-order valence-corrected chi connectivity index (χ0v) is 12.6. The van der Waals surface area contributed by atoms with E-state index in [0.717, 1.165) is 5.75 Å². The molecule has 1 aromatic rings. The number of rotatable bonds is 3. The number of carbonyl (C=O) groups is 1. The fourth-order valence-corrected chi connectivity index (χ4v) is 2.42. The molecule has 2 rings (SSSR count). The minimum atomic E-state index is -0.469. The summed E-state index contributed by atoms with van der Waals surface area (Å²) in [6.07, 6.45) is -0.352. The van der Waals surface area contributed by atoms with Crippen LogP contribution in [0.3, 0.4) is 0 Å². The lowest BCUT2D eigenvalue weighted by atomic mass is 10.1. The van der Waals surface area contributed by atoms with Crippen LogP contribution in [-0.2, 0) is 4.74 Å². The van der Waals surface area contributed by atoms with Gasteiger partial charge >= 0.3 is 6.03 Å². The number of nitrogens with one attached hydrogen (secondary N) is 1. The van der Waals surface area contributed by atoms with Crippen LogP contribution >= 0.6 is 0 Å². The largest absolute Gasteiger partial charge is 0.497 e. The molecule has 1 aliphatic heterocycles. The van der Waals surface area contributed by atoms with Crippen molar-refractivity contribution in [2.45, 2.75) is 25.6 Å². The molecular weight excluding hydrogens is 272 g/mol. The van der Waals surface area contributed by atoms with Gasteiger partial charge in [-0.2, -0.15) is 0 Å². The van der Waals surface area contributed by atoms with Crippen molar-refractivity contribution < 1.29 is 19.4 Å². The molecule has 0 bridgehead atoms. The van der Waals surface area contributed by atoms with Crippen LogP contribution in [-0.4, -0.2) is 54.5 Å². The number of benzene rings is 1. The molecule has 1 aromatic carbocycles. The smallest absolute Gasteiger partial charge is 0.322 e. The SMILES string of the molecule is COc1ccc(NC(=O)N2CC(CO)OC(C)(C)C2)cc1. The van der Waals surface area contributed by atoms with Crippen molar-refractivity contribution in [3.8, 4) is 5.75 Å². The van der Waals surface area contributed by atoms with Gasteiger partial charge in [0.1, 0.15) is 5.75 Å². The Labute approximate surface area is 124 Å². The molecule has 1 saturated heterocycles. The Balaban J connectivity index is 2.01. The Morgan fingerprint density at radius 2 is 2.14 bits per heavy atom. The van der Waals surface area contributed by atoms with Crippen LogP contribution in [0, 0.1) is 0 Å². The van der Waals surface area contributed by atoms with Crippen molar-refractivity contribution >= 4 is 11.7 Å². The molecule has 1 atom stereocenters. The second kappa shape index (κ2) is 6.32. The lowest BCUT2D eigenvalue weighted by molar-refractivity contribution is -0.137. The molecule has 0 spiro atoms. The highest BCUT2D eigenvalue weighted by Crippen LogP contribution is 2.22. The van der Waals surface area contributed by atoms with Crippen molar-refractivity contribution in [1.29, 1.82) is 0 Å². The van der Waals surface area contributed by atoms with E-state index in [4.69, 9.17) is 9.47 Å². The van der Waals surface area contributed by atoms with E-state index in [1.54, 1.807) is 36.3 Å². The minimum Gasteiger partial charge on any atom is -0.497 e. The number of methoxy groups -OCH3 is 1. The van der Waals surface area contributed by atoms with Gasteiger partial charge in [0.15, 0.2) is 0 Å². The third-order valence-corrected chi connectivity index (χ3v) is 3.31. The normalized spacial score (nSPS) is 21.0. The van der Waals surface area contributed by atoms with Crippen molar-refractivity contribution in [2.24, 2.45) is 0 Å². The number of aliphatic hydroxyl groups is 1. The highest BCUT2D eigenvalue weighted by Gasteiger charge is 2.35. The lowest BCUT2D eigenvalue weighted by Crippen LogP contribution is -2.56. The Hall–Kier alpha value is -1.79. The summed E-state index contributed by atoms with van der Waals surface area (Å²) in [4.78, 5) is 14.0. The van der Waals surface area contributed by atoms with E-state index in [1.165, 1.54) is 0 Å². The average Bonchev–Trinajstić information content (AvgIpc) is 2.46. The maximum Gasteiger partial charge on any atom is 0.322 e. The number of anilines is 1. The molecule has 0 saturated carbocycles. The predicted octanol–water partition coefficient (Wildman–Crippen LogP) is 1.70. The van der Waals surface area contributed by atoms with Crippen molar-refractivity contribution in [2.75, 3.05) is 32.1 Å². The fraction of sp³-hybridized carbons (Fsp3) is 0.533. The number of morpholine rings is 1. The highest BCUT2D eigenvalue weighted by atomic mass is 16.5. The van der Waals surface area contributed by atoms with Gasteiger partial charge in [-0.25, -0.2) is 4.79 Å². The van der Waals surface area contributed by atoms with Gasteiger partial charge in [0.2, 0.25) is 0 Å². The molecule has 0 aromatic heterocycles. The number of hydrogen-bond donors (Lipinski definition) is 2. The number of carbonyl (C=O) groups excluding carboxylic acids is 1. The van der Waals surface area contributed by atoms with E-state index < -0.39 is 5.60 Å². The second-order valence-electron chi connectivity index (χ2n) is 5.72. The van der Waals surface area contributed by atoms with Gasteiger partial charge < -0.3 is 24.8 Å². The zero-order valence-electron chi connectivity index (χ0n) is 12.6. The van der Waals surface area contributed by atoms with Gasteiger partial charge in [-0.15, -0.1) is 0 Å². The van der Waals surface area contributed by atoms with Crippen molar-refractivity contribution in [3.63, 3.8) is 0 Å². The summed E-state index contributed by atoms with van der Waals surface area (Å²) in [5.41, 5.74) is 0.230. The summed E-state index contributed by atoms with van der Waals surface area (Å²) >= 11 is 0. The summed E-state index contributed by atoms with van der Waals surface area (Å²) in [5, 5.41) is 12.1. The van der Waals surface area contributed by atoms with Crippen LogP contribution < -0.4 is 10.1 Å². The topological polar surface area (TPSA) is 71.0 Å². The molecule has 0 radical (unpaired) electrons. The van der Waals surface area contributed by atoms with Crippen LogP contribution in [0.15, 0.2) is 24.3 Å².